The average molecular weight is 600 g/mol. The first-order valence-corrected chi connectivity index (χ1v) is 16.1. The molecule has 0 bridgehead atoms. The van der Waals surface area contributed by atoms with Gasteiger partial charge in [0.15, 0.2) is 0 Å². The minimum atomic E-state index is 1.11. The largest absolute Gasteiger partial charge is 0.310 e. The van der Waals surface area contributed by atoms with E-state index in [9.17, 15) is 0 Å². The topological polar surface area (TPSA) is 3.24 Å². The zero-order valence-electron chi connectivity index (χ0n) is 26.0. The molecule has 222 valence electrons. The molecule has 47 heavy (non-hydrogen) atoms. The third-order valence-electron chi connectivity index (χ3n) is 8.85. The average Bonchev–Trinajstić information content (AvgIpc) is 3.16. The molecule has 1 heteroatoms. The second kappa shape index (κ2) is 12.7. The molecule has 0 spiro atoms. The van der Waals surface area contributed by atoms with Crippen LogP contribution < -0.4 is 4.90 Å². The number of benzene rings is 8. The van der Waals surface area contributed by atoms with E-state index in [-0.39, 0.29) is 0 Å². The van der Waals surface area contributed by atoms with Gasteiger partial charge in [0.05, 0.1) is 0 Å². The Morgan fingerprint density at radius 2 is 0.681 bits per heavy atom. The van der Waals surface area contributed by atoms with Gasteiger partial charge in [-0.25, -0.2) is 0 Å². The molecule has 0 fully saturated rings. The van der Waals surface area contributed by atoms with Crippen molar-refractivity contribution in [2.24, 2.45) is 0 Å². The van der Waals surface area contributed by atoms with Gasteiger partial charge in [-0.05, 0) is 91.7 Å². The Balaban J connectivity index is 1.28. The van der Waals surface area contributed by atoms with Crippen LogP contribution in [0.15, 0.2) is 200 Å². The highest BCUT2D eigenvalue weighted by Crippen LogP contribution is 2.41. The molecule has 0 aliphatic carbocycles. The highest BCUT2D eigenvalue weighted by atomic mass is 15.1. The number of hydrogen-bond donors (Lipinski definition) is 0. The van der Waals surface area contributed by atoms with E-state index in [2.05, 4.69) is 205 Å². The van der Waals surface area contributed by atoms with E-state index in [4.69, 9.17) is 0 Å². The molecule has 0 saturated carbocycles. The predicted molar refractivity (Wildman–Crippen MR) is 200 cm³/mol. The fourth-order valence-electron chi connectivity index (χ4n) is 6.59. The molecule has 0 saturated heterocycles. The second-order valence-electron chi connectivity index (χ2n) is 11.8. The molecule has 0 N–H and O–H groups in total. The highest BCUT2D eigenvalue weighted by Gasteiger charge is 2.16. The van der Waals surface area contributed by atoms with E-state index in [1.54, 1.807) is 0 Å². The maximum absolute atomic E-state index is 2.37. The smallest absolute Gasteiger partial charge is 0.0467 e. The first-order chi connectivity index (χ1) is 23.3. The van der Waals surface area contributed by atoms with E-state index >= 15 is 0 Å². The maximum atomic E-state index is 2.37. The van der Waals surface area contributed by atoms with Crippen molar-refractivity contribution in [2.75, 3.05) is 4.90 Å². The Morgan fingerprint density at radius 1 is 0.255 bits per heavy atom. The quantitative estimate of drug-likeness (QED) is 0.176. The molecule has 0 heterocycles. The van der Waals surface area contributed by atoms with Gasteiger partial charge < -0.3 is 4.90 Å². The second-order valence-corrected chi connectivity index (χ2v) is 11.8. The van der Waals surface area contributed by atoms with Gasteiger partial charge in [0.1, 0.15) is 0 Å². The van der Waals surface area contributed by atoms with E-state index in [1.165, 1.54) is 55.3 Å². The summed E-state index contributed by atoms with van der Waals surface area (Å²) in [6.07, 6.45) is 0. The molecule has 0 aromatic heterocycles. The minimum absolute atomic E-state index is 1.11. The van der Waals surface area contributed by atoms with Crippen LogP contribution in [0.5, 0.6) is 0 Å². The molecule has 0 atom stereocenters. The lowest BCUT2D eigenvalue weighted by Crippen LogP contribution is -2.10. The van der Waals surface area contributed by atoms with Crippen LogP contribution in [0.2, 0.25) is 0 Å². The predicted octanol–water partition coefficient (Wildman–Crippen LogP) is 13.0. The number of hydrogen-bond acceptors (Lipinski definition) is 1. The Hall–Kier alpha value is -6.18. The van der Waals surface area contributed by atoms with E-state index in [0.29, 0.717) is 0 Å². The Labute approximate surface area is 276 Å². The van der Waals surface area contributed by atoms with Crippen molar-refractivity contribution in [3.8, 4) is 44.5 Å². The van der Waals surface area contributed by atoms with Crippen LogP contribution in [0.25, 0.3) is 55.3 Å². The fraction of sp³-hybridized carbons (Fsp3) is 0. The van der Waals surface area contributed by atoms with Crippen molar-refractivity contribution < 1.29 is 0 Å². The van der Waals surface area contributed by atoms with Crippen LogP contribution in [0.1, 0.15) is 0 Å². The molecule has 8 rings (SSSR count). The molecular weight excluding hydrogens is 567 g/mol. The van der Waals surface area contributed by atoms with E-state index in [1.807, 2.05) is 0 Å². The van der Waals surface area contributed by atoms with Crippen molar-refractivity contribution in [3.05, 3.63) is 200 Å². The van der Waals surface area contributed by atoms with Crippen LogP contribution in [-0.4, -0.2) is 0 Å². The number of rotatable bonds is 7. The maximum Gasteiger partial charge on any atom is 0.0467 e. The summed E-state index contributed by atoms with van der Waals surface area (Å²) in [5.41, 5.74) is 13.0. The lowest BCUT2D eigenvalue weighted by molar-refractivity contribution is 1.28. The van der Waals surface area contributed by atoms with Crippen molar-refractivity contribution in [3.63, 3.8) is 0 Å². The van der Waals surface area contributed by atoms with E-state index in [0.717, 1.165) is 17.1 Å². The summed E-state index contributed by atoms with van der Waals surface area (Å²) in [5, 5.41) is 2.50. The van der Waals surface area contributed by atoms with Gasteiger partial charge >= 0.3 is 0 Å². The normalized spacial score (nSPS) is 11.0. The van der Waals surface area contributed by atoms with Gasteiger partial charge in [-0.3, -0.25) is 0 Å². The molecule has 0 radical (unpaired) electrons. The van der Waals surface area contributed by atoms with Crippen LogP contribution >= 0.6 is 0 Å². The third-order valence-corrected chi connectivity index (χ3v) is 8.85. The Morgan fingerprint density at radius 3 is 1.28 bits per heavy atom. The highest BCUT2D eigenvalue weighted by molar-refractivity contribution is 6.06. The summed E-state index contributed by atoms with van der Waals surface area (Å²) in [7, 11) is 0. The van der Waals surface area contributed by atoms with Crippen LogP contribution in [0.3, 0.4) is 0 Å². The molecule has 0 unspecified atom stereocenters. The number of anilines is 3. The Bertz CT molecular complexity index is 2270. The molecular formula is C46H33N. The van der Waals surface area contributed by atoms with Gasteiger partial charge in [-0.2, -0.15) is 0 Å². The summed E-state index contributed by atoms with van der Waals surface area (Å²) in [4.78, 5) is 2.37. The van der Waals surface area contributed by atoms with Gasteiger partial charge in [0.2, 0.25) is 0 Å². The van der Waals surface area contributed by atoms with Crippen LogP contribution in [0, 0.1) is 0 Å². The summed E-state index contributed by atoms with van der Waals surface area (Å²) in [6.45, 7) is 0. The number of nitrogens with zero attached hydrogens (tertiary/aromatic N) is 1. The van der Waals surface area contributed by atoms with Crippen LogP contribution in [0.4, 0.5) is 17.1 Å². The third kappa shape index (κ3) is 5.72. The zero-order chi connectivity index (χ0) is 31.4. The van der Waals surface area contributed by atoms with Gasteiger partial charge in [0.25, 0.3) is 0 Å². The standard InChI is InChI=1S/C46H33N/c1-4-14-34(15-5-1)36-28-30-41(31-29-36)47(42-24-10-22-39(32-42)35-16-6-2-7-17-35)43-25-11-23-40(33-43)45-27-13-21-38-20-12-26-44(46(38)45)37-18-8-3-9-19-37/h1-33H. The lowest BCUT2D eigenvalue weighted by Gasteiger charge is -2.27. The molecule has 0 amide bonds. The zero-order valence-corrected chi connectivity index (χ0v) is 26.0. The van der Waals surface area contributed by atoms with E-state index < -0.39 is 0 Å². The fourth-order valence-corrected chi connectivity index (χ4v) is 6.59. The summed E-state index contributed by atoms with van der Waals surface area (Å²) < 4.78 is 0. The molecule has 0 aliphatic rings. The monoisotopic (exact) mass is 599 g/mol. The Kier molecular flexibility index (Phi) is 7.63. The molecule has 8 aromatic rings. The summed E-state index contributed by atoms with van der Waals surface area (Å²) >= 11 is 0. The van der Waals surface area contributed by atoms with Crippen molar-refractivity contribution >= 4 is 27.8 Å². The molecule has 0 aliphatic heterocycles. The molecule has 1 nitrogen and oxygen atoms in total. The van der Waals surface area contributed by atoms with Gasteiger partial charge in [-0.15, -0.1) is 0 Å². The first kappa shape index (κ1) is 28.3. The van der Waals surface area contributed by atoms with Crippen molar-refractivity contribution in [2.45, 2.75) is 0 Å². The van der Waals surface area contributed by atoms with Gasteiger partial charge in [0, 0.05) is 17.1 Å². The van der Waals surface area contributed by atoms with Crippen molar-refractivity contribution in [1.29, 1.82) is 0 Å². The minimum Gasteiger partial charge on any atom is -0.310 e. The lowest BCUT2D eigenvalue weighted by atomic mass is 9.91. The molecule has 8 aromatic carbocycles. The summed E-state index contributed by atoms with van der Waals surface area (Å²) in [6, 6.07) is 71.8. The van der Waals surface area contributed by atoms with Crippen molar-refractivity contribution in [1.82, 2.24) is 0 Å². The van der Waals surface area contributed by atoms with Crippen LogP contribution in [-0.2, 0) is 0 Å². The van der Waals surface area contributed by atoms with Gasteiger partial charge in [-0.1, -0.05) is 164 Å². The first-order valence-electron chi connectivity index (χ1n) is 16.1. The summed E-state index contributed by atoms with van der Waals surface area (Å²) in [5.74, 6) is 0. The SMILES string of the molecule is c1ccc(-c2ccc(N(c3cccc(-c4ccccc4)c3)c3cccc(-c4cccc5cccc(-c6ccccc6)c45)c3)cc2)cc1. The number of fused-ring (bicyclic) bond motifs is 1.